The highest BCUT2D eigenvalue weighted by molar-refractivity contribution is 5.83. The number of rotatable bonds is 2. The van der Waals surface area contributed by atoms with Crippen LogP contribution in [0.1, 0.15) is 19.4 Å². The zero-order valence-corrected chi connectivity index (χ0v) is 10.1. The molecule has 1 atom stereocenters. The molecule has 1 aliphatic rings. The highest BCUT2D eigenvalue weighted by Crippen LogP contribution is 2.20. The number of para-hydroxylation sites is 2. The molecule has 18 heavy (non-hydrogen) atoms. The van der Waals surface area contributed by atoms with Crippen molar-refractivity contribution in [1.29, 1.82) is 0 Å². The highest BCUT2D eigenvalue weighted by atomic mass is 16.4. The Balaban J connectivity index is 2.05. The van der Waals surface area contributed by atoms with Gasteiger partial charge in [-0.2, -0.15) is 0 Å². The van der Waals surface area contributed by atoms with Crippen LogP contribution in [0.3, 0.4) is 0 Å². The molecule has 0 bridgehead atoms. The van der Waals surface area contributed by atoms with E-state index in [9.17, 15) is 9.59 Å². The lowest BCUT2D eigenvalue weighted by Crippen LogP contribution is -2.46. The Labute approximate surface area is 104 Å². The van der Waals surface area contributed by atoms with E-state index in [0.717, 1.165) is 19.5 Å². The summed E-state index contributed by atoms with van der Waals surface area (Å²) >= 11 is 0. The number of hydrogen-bond donors (Lipinski definition) is 0. The molecule has 3 rings (SSSR count). The van der Waals surface area contributed by atoms with Crippen LogP contribution in [-0.4, -0.2) is 28.5 Å². The lowest BCUT2D eigenvalue weighted by Gasteiger charge is -2.33. The Morgan fingerprint density at radius 3 is 2.72 bits per heavy atom. The number of fused-ring (bicyclic) bond motifs is 1. The van der Waals surface area contributed by atoms with Gasteiger partial charge in [0, 0.05) is 13.1 Å². The van der Waals surface area contributed by atoms with Gasteiger partial charge in [0.25, 0.3) is 0 Å². The van der Waals surface area contributed by atoms with Gasteiger partial charge in [0.15, 0.2) is 5.58 Å². The third-order valence-electron chi connectivity index (χ3n) is 3.43. The summed E-state index contributed by atoms with van der Waals surface area (Å²) in [6, 6.07) is 6.64. The van der Waals surface area contributed by atoms with Gasteiger partial charge in [-0.1, -0.05) is 12.1 Å². The molecule has 1 aromatic carbocycles. The van der Waals surface area contributed by atoms with Crippen LogP contribution in [0.25, 0.3) is 11.1 Å². The lowest BCUT2D eigenvalue weighted by molar-refractivity contribution is -0.137. The number of likely N-dealkylation sites (tertiary alicyclic amines) is 1. The van der Waals surface area contributed by atoms with Gasteiger partial charge in [0.05, 0.1) is 5.52 Å². The molecular formula is C13H14N2O3. The molecule has 0 saturated carbocycles. The van der Waals surface area contributed by atoms with E-state index >= 15 is 0 Å². The Morgan fingerprint density at radius 2 is 2.06 bits per heavy atom. The van der Waals surface area contributed by atoms with Crippen molar-refractivity contribution in [3.8, 4) is 0 Å². The summed E-state index contributed by atoms with van der Waals surface area (Å²) in [7, 11) is 0. The van der Waals surface area contributed by atoms with Crippen LogP contribution in [0.4, 0.5) is 0 Å². The standard InChI is InChI=1S/C13H14N2O3/c1-9(12(16)14-7-4-8-14)15-10-5-2-3-6-11(10)18-13(15)17/h2-3,5-6,9H,4,7-8H2,1H3. The molecule has 1 aliphatic heterocycles. The summed E-state index contributed by atoms with van der Waals surface area (Å²) in [5.41, 5.74) is 1.19. The minimum atomic E-state index is -0.513. The maximum absolute atomic E-state index is 12.1. The van der Waals surface area contributed by atoms with E-state index in [1.807, 2.05) is 6.07 Å². The van der Waals surface area contributed by atoms with Crippen molar-refractivity contribution in [1.82, 2.24) is 9.47 Å². The first-order valence-corrected chi connectivity index (χ1v) is 6.07. The fourth-order valence-electron chi connectivity index (χ4n) is 2.26. The van der Waals surface area contributed by atoms with E-state index in [0.29, 0.717) is 11.1 Å². The average molecular weight is 246 g/mol. The maximum atomic E-state index is 12.1. The van der Waals surface area contributed by atoms with Crippen molar-refractivity contribution in [3.05, 3.63) is 34.8 Å². The summed E-state index contributed by atoms with van der Waals surface area (Å²) in [5.74, 6) is -0.493. The third-order valence-corrected chi connectivity index (χ3v) is 3.43. The Morgan fingerprint density at radius 1 is 1.33 bits per heavy atom. The van der Waals surface area contributed by atoms with Gasteiger partial charge in [0.2, 0.25) is 5.91 Å². The fourth-order valence-corrected chi connectivity index (χ4v) is 2.26. The largest absolute Gasteiger partial charge is 0.420 e. The van der Waals surface area contributed by atoms with E-state index < -0.39 is 11.8 Å². The Kier molecular flexibility index (Phi) is 2.47. The quantitative estimate of drug-likeness (QED) is 0.804. The van der Waals surface area contributed by atoms with Crippen LogP contribution >= 0.6 is 0 Å². The monoisotopic (exact) mass is 246 g/mol. The van der Waals surface area contributed by atoms with E-state index in [1.54, 1.807) is 30.0 Å². The molecule has 1 amide bonds. The molecule has 1 saturated heterocycles. The number of hydrogen-bond acceptors (Lipinski definition) is 3. The number of oxazole rings is 1. The Hall–Kier alpha value is -2.04. The van der Waals surface area contributed by atoms with Crippen LogP contribution in [0.2, 0.25) is 0 Å². The number of nitrogens with zero attached hydrogens (tertiary/aromatic N) is 2. The zero-order valence-electron chi connectivity index (χ0n) is 10.1. The van der Waals surface area contributed by atoms with Crippen LogP contribution in [0, 0.1) is 0 Å². The van der Waals surface area contributed by atoms with Gasteiger partial charge < -0.3 is 9.32 Å². The van der Waals surface area contributed by atoms with Crippen LogP contribution in [-0.2, 0) is 4.79 Å². The summed E-state index contributed by atoms with van der Waals surface area (Å²) in [5, 5.41) is 0. The first kappa shape index (κ1) is 11.1. The second kappa shape index (κ2) is 4.01. The minimum Gasteiger partial charge on any atom is -0.408 e. The molecule has 0 radical (unpaired) electrons. The lowest BCUT2D eigenvalue weighted by atomic mass is 10.1. The molecule has 2 aromatic rings. The zero-order chi connectivity index (χ0) is 12.7. The van der Waals surface area contributed by atoms with Gasteiger partial charge in [-0.3, -0.25) is 9.36 Å². The summed E-state index contributed by atoms with van der Waals surface area (Å²) in [4.78, 5) is 25.7. The molecule has 2 heterocycles. The second-order valence-corrected chi connectivity index (χ2v) is 4.56. The topological polar surface area (TPSA) is 55.5 Å². The molecule has 0 N–H and O–H groups in total. The molecule has 5 heteroatoms. The van der Waals surface area contributed by atoms with Crippen molar-refractivity contribution < 1.29 is 9.21 Å². The number of amides is 1. The number of carbonyl (C=O) groups excluding carboxylic acids is 1. The fraction of sp³-hybridized carbons (Fsp3) is 0.385. The molecule has 1 fully saturated rings. The first-order valence-electron chi connectivity index (χ1n) is 6.07. The number of aromatic nitrogens is 1. The summed E-state index contributed by atoms with van der Waals surface area (Å²) < 4.78 is 6.56. The Bertz CT molecular complexity index is 652. The average Bonchev–Trinajstić information content (AvgIpc) is 2.61. The number of carbonyl (C=O) groups is 1. The van der Waals surface area contributed by atoms with Crippen molar-refractivity contribution in [2.45, 2.75) is 19.4 Å². The predicted molar refractivity (Wildman–Crippen MR) is 66.4 cm³/mol. The maximum Gasteiger partial charge on any atom is 0.420 e. The van der Waals surface area contributed by atoms with Crippen LogP contribution in [0.5, 0.6) is 0 Å². The highest BCUT2D eigenvalue weighted by Gasteiger charge is 2.28. The molecule has 0 aliphatic carbocycles. The van der Waals surface area contributed by atoms with Gasteiger partial charge in [-0.25, -0.2) is 4.79 Å². The molecule has 94 valence electrons. The van der Waals surface area contributed by atoms with E-state index in [2.05, 4.69) is 0 Å². The van der Waals surface area contributed by atoms with Gasteiger partial charge >= 0.3 is 5.76 Å². The van der Waals surface area contributed by atoms with Gasteiger partial charge in [-0.15, -0.1) is 0 Å². The molecule has 1 unspecified atom stereocenters. The number of benzene rings is 1. The smallest absolute Gasteiger partial charge is 0.408 e. The SMILES string of the molecule is CC(C(=O)N1CCC1)n1c(=O)oc2ccccc21. The first-order chi connectivity index (χ1) is 8.68. The van der Waals surface area contributed by atoms with Crippen molar-refractivity contribution in [2.24, 2.45) is 0 Å². The molecule has 1 aromatic heterocycles. The molecular weight excluding hydrogens is 232 g/mol. The van der Waals surface area contributed by atoms with E-state index in [1.165, 1.54) is 4.57 Å². The van der Waals surface area contributed by atoms with Gasteiger partial charge in [0.1, 0.15) is 6.04 Å². The van der Waals surface area contributed by atoms with E-state index in [-0.39, 0.29) is 5.91 Å². The third kappa shape index (κ3) is 1.54. The second-order valence-electron chi connectivity index (χ2n) is 4.56. The normalized spacial score (nSPS) is 16.6. The van der Waals surface area contributed by atoms with Crippen molar-refractivity contribution in [2.75, 3.05) is 13.1 Å². The molecule has 0 spiro atoms. The van der Waals surface area contributed by atoms with Crippen molar-refractivity contribution in [3.63, 3.8) is 0 Å². The van der Waals surface area contributed by atoms with Crippen molar-refractivity contribution >= 4 is 17.0 Å². The minimum absolute atomic E-state index is 0.0186. The van der Waals surface area contributed by atoms with Gasteiger partial charge in [-0.05, 0) is 25.5 Å². The summed E-state index contributed by atoms with van der Waals surface area (Å²) in [6.07, 6.45) is 1.04. The predicted octanol–water partition coefficient (Wildman–Crippen LogP) is 1.39. The van der Waals surface area contributed by atoms with Crippen LogP contribution < -0.4 is 5.76 Å². The van der Waals surface area contributed by atoms with Crippen LogP contribution in [0.15, 0.2) is 33.5 Å². The summed E-state index contributed by atoms with van der Waals surface area (Å²) in [6.45, 7) is 3.31. The van der Waals surface area contributed by atoms with E-state index in [4.69, 9.17) is 4.42 Å². The molecule has 5 nitrogen and oxygen atoms in total.